The molecule has 1 aliphatic carbocycles. The van der Waals surface area contributed by atoms with Gasteiger partial charge in [0, 0.05) is 25.0 Å². The molecule has 29 heavy (non-hydrogen) atoms. The van der Waals surface area contributed by atoms with Gasteiger partial charge in [0.25, 0.3) is 5.91 Å². The minimum absolute atomic E-state index is 0. The van der Waals surface area contributed by atoms with Crippen molar-refractivity contribution in [3.8, 4) is 0 Å². The smallest absolute Gasteiger partial charge is 0.253 e. The quantitative estimate of drug-likeness (QED) is 0.692. The number of benzene rings is 1. The van der Waals surface area contributed by atoms with Gasteiger partial charge in [-0.3, -0.25) is 4.79 Å². The maximum atomic E-state index is 12.7. The molecule has 1 unspecified atom stereocenters. The largest absolute Gasteiger partial charge is 0.399 e. The minimum atomic E-state index is -0.0593. The Morgan fingerprint density at radius 2 is 1.90 bits per heavy atom. The Kier molecular flexibility index (Phi) is 8.17. The summed E-state index contributed by atoms with van der Waals surface area (Å²) in [5, 5.41) is 3.18. The Hall–Kier alpha value is -1.98. The number of pyridine rings is 1. The van der Waals surface area contributed by atoms with Gasteiger partial charge in [-0.25, -0.2) is 4.98 Å². The molecular formula is C22H30Cl2N4O. The molecule has 2 heterocycles. The molecule has 1 aromatic heterocycles. The fourth-order valence-electron chi connectivity index (χ4n) is 4.17. The molecule has 158 valence electrons. The number of anilines is 2. The van der Waals surface area contributed by atoms with E-state index in [-0.39, 0.29) is 36.8 Å². The second-order valence-corrected chi connectivity index (χ2v) is 7.95. The zero-order valence-corrected chi connectivity index (χ0v) is 18.4. The van der Waals surface area contributed by atoms with Crippen molar-refractivity contribution < 1.29 is 4.79 Å². The first kappa shape index (κ1) is 23.3. The van der Waals surface area contributed by atoms with E-state index in [1.54, 1.807) is 6.20 Å². The van der Waals surface area contributed by atoms with Gasteiger partial charge in [0.1, 0.15) is 5.82 Å². The Bertz CT molecular complexity index is 820. The molecule has 1 saturated heterocycles. The number of carbonyl (C=O) groups is 1. The van der Waals surface area contributed by atoms with Crippen LogP contribution >= 0.6 is 24.8 Å². The van der Waals surface area contributed by atoms with Gasteiger partial charge in [-0.15, -0.1) is 24.8 Å². The Labute approximate surface area is 185 Å². The van der Waals surface area contributed by atoms with E-state index in [4.69, 9.17) is 5.73 Å². The topological polar surface area (TPSA) is 71.2 Å². The summed E-state index contributed by atoms with van der Waals surface area (Å²) in [6.45, 7) is 4.39. The third kappa shape index (κ3) is 5.34. The number of fused-ring (bicyclic) bond motifs is 1. The number of aromatic nitrogens is 1. The van der Waals surface area contributed by atoms with Gasteiger partial charge in [0.05, 0.1) is 11.6 Å². The predicted molar refractivity (Wildman–Crippen MR) is 123 cm³/mol. The Morgan fingerprint density at radius 1 is 1.14 bits per heavy atom. The van der Waals surface area contributed by atoms with Crippen LogP contribution in [0.25, 0.3) is 0 Å². The Balaban J connectivity index is 0.00000150. The summed E-state index contributed by atoms with van der Waals surface area (Å²) in [6, 6.07) is 9.91. The minimum Gasteiger partial charge on any atom is -0.399 e. The van der Waals surface area contributed by atoms with E-state index in [0.717, 1.165) is 49.8 Å². The molecule has 3 N–H and O–H groups in total. The molecule has 2 aliphatic rings. The van der Waals surface area contributed by atoms with Crippen LogP contribution in [0, 0.1) is 5.92 Å². The first-order valence-corrected chi connectivity index (χ1v) is 10.0. The normalized spacial score (nSPS) is 18.8. The number of carbonyl (C=O) groups excluding carboxylic acids is 1. The maximum Gasteiger partial charge on any atom is 0.253 e. The molecule has 1 aromatic carbocycles. The number of halogens is 2. The van der Waals surface area contributed by atoms with E-state index in [1.165, 1.54) is 24.0 Å². The summed E-state index contributed by atoms with van der Waals surface area (Å²) in [7, 11) is 0. The van der Waals surface area contributed by atoms with Crippen molar-refractivity contribution in [3.05, 3.63) is 53.2 Å². The van der Waals surface area contributed by atoms with E-state index >= 15 is 0 Å². The number of nitrogen functional groups attached to an aromatic ring is 1. The maximum absolute atomic E-state index is 12.7. The molecule has 2 aromatic rings. The zero-order valence-electron chi connectivity index (χ0n) is 16.8. The lowest BCUT2D eigenvalue weighted by atomic mass is 9.87. The van der Waals surface area contributed by atoms with E-state index in [9.17, 15) is 4.79 Å². The van der Waals surface area contributed by atoms with Crippen molar-refractivity contribution >= 4 is 42.2 Å². The van der Waals surface area contributed by atoms with Crippen LogP contribution in [0.4, 0.5) is 11.5 Å². The molecule has 5 nitrogen and oxygen atoms in total. The van der Waals surface area contributed by atoms with Gasteiger partial charge >= 0.3 is 0 Å². The van der Waals surface area contributed by atoms with E-state index in [0.29, 0.717) is 5.56 Å². The number of rotatable bonds is 3. The van der Waals surface area contributed by atoms with Crippen molar-refractivity contribution in [1.82, 2.24) is 10.3 Å². The number of piperidine rings is 1. The van der Waals surface area contributed by atoms with Crippen LogP contribution in [-0.4, -0.2) is 24.0 Å². The second-order valence-electron chi connectivity index (χ2n) is 7.95. The summed E-state index contributed by atoms with van der Waals surface area (Å²) in [6.07, 6.45) is 7.16. The molecule has 0 saturated carbocycles. The first-order valence-electron chi connectivity index (χ1n) is 10.0. The lowest BCUT2D eigenvalue weighted by Gasteiger charge is -2.31. The first-order chi connectivity index (χ1) is 13.1. The van der Waals surface area contributed by atoms with Gasteiger partial charge in [-0.2, -0.15) is 0 Å². The standard InChI is InChI=1S/C22H28N4O.2ClH/c1-15-9-11-26(12-10-15)21-8-5-17(14-24-21)22(27)25-20-4-2-3-16-13-18(23)6-7-19(16)20;;/h5-8,13-15,20H,2-4,9-12,23H2,1H3,(H,25,27);2*1H. The van der Waals surface area contributed by atoms with E-state index in [1.807, 2.05) is 30.3 Å². The number of aryl methyl sites for hydroxylation is 1. The van der Waals surface area contributed by atoms with Crippen LogP contribution in [0.3, 0.4) is 0 Å². The summed E-state index contributed by atoms with van der Waals surface area (Å²) >= 11 is 0. The molecule has 1 amide bonds. The number of hydrogen-bond donors (Lipinski definition) is 2. The average molecular weight is 437 g/mol. The summed E-state index contributed by atoms with van der Waals surface area (Å²) in [5.41, 5.74) is 9.75. The highest BCUT2D eigenvalue weighted by atomic mass is 35.5. The second kappa shape index (κ2) is 10.2. The molecule has 7 heteroatoms. The Morgan fingerprint density at radius 3 is 2.59 bits per heavy atom. The lowest BCUT2D eigenvalue weighted by molar-refractivity contribution is 0.0932. The predicted octanol–water partition coefficient (Wildman–Crippen LogP) is 4.55. The van der Waals surface area contributed by atoms with Crippen LogP contribution in [0.2, 0.25) is 0 Å². The average Bonchev–Trinajstić information content (AvgIpc) is 2.68. The number of hydrogen-bond acceptors (Lipinski definition) is 4. The van der Waals surface area contributed by atoms with Crippen molar-refractivity contribution in [2.45, 2.75) is 45.1 Å². The van der Waals surface area contributed by atoms with Crippen molar-refractivity contribution in [2.75, 3.05) is 23.7 Å². The third-order valence-electron chi connectivity index (χ3n) is 5.90. The number of amides is 1. The summed E-state index contributed by atoms with van der Waals surface area (Å²) in [5.74, 6) is 1.70. The van der Waals surface area contributed by atoms with Gasteiger partial charge < -0.3 is 16.0 Å². The number of nitrogens with one attached hydrogen (secondary N) is 1. The molecule has 1 fully saturated rings. The molecule has 1 atom stereocenters. The lowest BCUT2D eigenvalue weighted by Crippen LogP contribution is -2.33. The van der Waals surface area contributed by atoms with Crippen LogP contribution < -0.4 is 16.0 Å². The van der Waals surface area contributed by atoms with Crippen molar-refractivity contribution in [3.63, 3.8) is 0 Å². The molecule has 0 bridgehead atoms. The molecule has 1 aliphatic heterocycles. The molecule has 0 spiro atoms. The number of nitrogens with zero attached hydrogens (tertiary/aromatic N) is 2. The van der Waals surface area contributed by atoms with Gasteiger partial charge in [-0.05, 0) is 73.4 Å². The highest BCUT2D eigenvalue weighted by Crippen LogP contribution is 2.31. The fraction of sp³-hybridized carbons (Fsp3) is 0.455. The fourth-order valence-corrected chi connectivity index (χ4v) is 4.17. The molecule has 0 radical (unpaired) electrons. The van der Waals surface area contributed by atoms with Crippen LogP contribution in [0.1, 0.15) is 60.1 Å². The van der Waals surface area contributed by atoms with Crippen molar-refractivity contribution in [2.24, 2.45) is 5.92 Å². The van der Waals surface area contributed by atoms with Crippen molar-refractivity contribution in [1.29, 1.82) is 0 Å². The van der Waals surface area contributed by atoms with Crippen LogP contribution in [0.15, 0.2) is 36.5 Å². The monoisotopic (exact) mass is 436 g/mol. The SMILES string of the molecule is CC1CCN(c2ccc(C(=O)NC3CCCc4cc(N)ccc43)cn2)CC1.Cl.Cl. The van der Waals surface area contributed by atoms with Gasteiger partial charge in [-0.1, -0.05) is 13.0 Å². The zero-order chi connectivity index (χ0) is 18.8. The highest BCUT2D eigenvalue weighted by Gasteiger charge is 2.23. The van der Waals surface area contributed by atoms with Crippen LogP contribution in [-0.2, 0) is 6.42 Å². The van der Waals surface area contributed by atoms with Gasteiger partial charge in [0.15, 0.2) is 0 Å². The van der Waals surface area contributed by atoms with E-state index in [2.05, 4.69) is 22.1 Å². The highest BCUT2D eigenvalue weighted by molar-refractivity contribution is 5.94. The molecular weight excluding hydrogens is 407 g/mol. The summed E-state index contributed by atoms with van der Waals surface area (Å²) < 4.78 is 0. The summed E-state index contributed by atoms with van der Waals surface area (Å²) in [4.78, 5) is 19.6. The third-order valence-corrected chi connectivity index (χ3v) is 5.90. The van der Waals surface area contributed by atoms with Crippen LogP contribution in [0.5, 0.6) is 0 Å². The van der Waals surface area contributed by atoms with E-state index < -0.39 is 0 Å². The number of nitrogens with two attached hydrogens (primary N) is 1. The molecule has 4 rings (SSSR count). The van der Waals surface area contributed by atoms with Gasteiger partial charge in [0.2, 0.25) is 0 Å².